The van der Waals surface area contributed by atoms with Crippen molar-refractivity contribution in [2.45, 2.75) is 96.8 Å². The SMILES string of the molecule is CC(C)CC(N)C(=O)NC(CCC(N)=O)C(=O)NC(CC(C)C)C(=O)NC(CCCCN)C(=O)O. The van der Waals surface area contributed by atoms with E-state index >= 15 is 0 Å². The van der Waals surface area contributed by atoms with Crippen molar-refractivity contribution >= 4 is 29.6 Å². The zero-order valence-electron chi connectivity index (χ0n) is 21.3. The maximum atomic E-state index is 13.0. The molecule has 0 heterocycles. The summed E-state index contributed by atoms with van der Waals surface area (Å²) in [4.78, 5) is 61.3. The molecule has 4 atom stereocenters. The van der Waals surface area contributed by atoms with Gasteiger partial charge in [-0.1, -0.05) is 27.7 Å². The van der Waals surface area contributed by atoms with Crippen molar-refractivity contribution in [2.75, 3.05) is 6.54 Å². The van der Waals surface area contributed by atoms with Crippen LogP contribution in [0, 0.1) is 11.8 Å². The van der Waals surface area contributed by atoms with Gasteiger partial charge in [-0.2, -0.15) is 0 Å². The van der Waals surface area contributed by atoms with E-state index in [0.717, 1.165) is 0 Å². The van der Waals surface area contributed by atoms with E-state index in [1.165, 1.54) is 0 Å². The molecule has 0 spiro atoms. The molecule has 12 heteroatoms. The summed E-state index contributed by atoms with van der Waals surface area (Å²) in [6.45, 7) is 7.91. The molecular formula is C23H44N6O6. The Labute approximate surface area is 207 Å². The van der Waals surface area contributed by atoms with Crippen LogP contribution < -0.4 is 33.2 Å². The van der Waals surface area contributed by atoms with Crippen LogP contribution in [0.25, 0.3) is 0 Å². The highest BCUT2D eigenvalue weighted by Gasteiger charge is 2.30. The quantitative estimate of drug-likeness (QED) is 0.119. The number of unbranched alkanes of at least 4 members (excludes halogenated alkanes) is 1. The van der Waals surface area contributed by atoms with E-state index in [1.807, 2.05) is 27.7 Å². The first-order valence-electron chi connectivity index (χ1n) is 12.2. The van der Waals surface area contributed by atoms with Gasteiger partial charge in [-0.15, -0.1) is 0 Å². The predicted octanol–water partition coefficient (Wildman–Crippen LogP) is -0.661. The van der Waals surface area contributed by atoms with Crippen LogP contribution in [-0.4, -0.2) is 65.4 Å². The average molecular weight is 501 g/mol. The predicted molar refractivity (Wildman–Crippen MR) is 132 cm³/mol. The Morgan fingerprint density at radius 2 is 1.26 bits per heavy atom. The van der Waals surface area contributed by atoms with Gasteiger partial charge in [0, 0.05) is 6.42 Å². The summed E-state index contributed by atoms with van der Waals surface area (Å²) < 4.78 is 0. The molecule has 0 rings (SSSR count). The summed E-state index contributed by atoms with van der Waals surface area (Å²) in [5.41, 5.74) is 16.6. The van der Waals surface area contributed by atoms with Crippen molar-refractivity contribution in [3.8, 4) is 0 Å². The van der Waals surface area contributed by atoms with E-state index in [0.29, 0.717) is 25.8 Å². The number of rotatable bonds is 18. The van der Waals surface area contributed by atoms with Crippen LogP contribution in [0.3, 0.4) is 0 Å². The fourth-order valence-electron chi connectivity index (χ4n) is 3.45. The molecule has 0 aliphatic heterocycles. The zero-order chi connectivity index (χ0) is 27.1. The summed E-state index contributed by atoms with van der Waals surface area (Å²) >= 11 is 0. The molecule has 0 aliphatic rings. The highest BCUT2D eigenvalue weighted by molar-refractivity contribution is 5.94. The third-order valence-electron chi connectivity index (χ3n) is 5.28. The van der Waals surface area contributed by atoms with Crippen LogP contribution in [0.4, 0.5) is 0 Å². The second kappa shape index (κ2) is 16.8. The molecule has 0 aromatic carbocycles. The van der Waals surface area contributed by atoms with Crippen LogP contribution in [0.1, 0.15) is 72.6 Å². The molecule has 202 valence electrons. The molecule has 12 nitrogen and oxygen atoms in total. The largest absolute Gasteiger partial charge is 0.480 e. The van der Waals surface area contributed by atoms with Crippen molar-refractivity contribution in [2.24, 2.45) is 29.0 Å². The second-order valence-corrected chi connectivity index (χ2v) is 9.68. The van der Waals surface area contributed by atoms with Gasteiger partial charge in [0.2, 0.25) is 23.6 Å². The molecule has 0 aromatic rings. The molecule has 0 aliphatic carbocycles. The minimum absolute atomic E-state index is 0.00954. The minimum atomic E-state index is -1.18. The topological polar surface area (TPSA) is 220 Å². The van der Waals surface area contributed by atoms with Gasteiger partial charge in [0.25, 0.3) is 0 Å². The Hall–Kier alpha value is -2.73. The number of nitrogens with two attached hydrogens (primary N) is 3. The Balaban J connectivity index is 5.51. The van der Waals surface area contributed by atoms with E-state index in [9.17, 15) is 29.1 Å². The monoisotopic (exact) mass is 500 g/mol. The molecule has 35 heavy (non-hydrogen) atoms. The molecule has 0 radical (unpaired) electrons. The van der Waals surface area contributed by atoms with Gasteiger partial charge < -0.3 is 38.3 Å². The van der Waals surface area contributed by atoms with Crippen molar-refractivity contribution in [1.29, 1.82) is 0 Å². The Kier molecular flexibility index (Phi) is 15.5. The van der Waals surface area contributed by atoms with Crippen molar-refractivity contribution < 1.29 is 29.1 Å². The molecule has 10 N–H and O–H groups in total. The molecule has 4 amide bonds. The Bertz CT molecular complexity index is 715. The Morgan fingerprint density at radius 3 is 1.74 bits per heavy atom. The number of carboxylic acid groups (broad SMARTS) is 1. The van der Waals surface area contributed by atoms with Gasteiger partial charge in [-0.3, -0.25) is 19.2 Å². The normalized spacial score (nSPS) is 14.6. The van der Waals surface area contributed by atoms with Crippen molar-refractivity contribution in [3.05, 3.63) is 0 Å². The van der Waals surface area contributed by atoms with E-state index in [1.54, 1.807) is 0 Å². The standard InChI is InChI=1S/C23H44N6O6/c1-13(2)11-15(25)20(31)27-16(8-9-19(26)30)21(32)29-18(12-14(3)4)22(33)28-17(23(34)35)7-5-6-10-24/h13-18H,5-12,24-25H2,1-4H3,(H2,26,30)(H,27,31)(H,28,33)(H,29,32)(H,34,35). The fourth-order valence-corrected chi connectivity index (χ4v) is 3.45. The van der Waals surface area contributed by atoms with Gasteiger partial charge in [0.15, 0.2) is 0 Å². The summed E-state index contributed by atoms with van der Waals surface area (Å²) in [5, 5.41) is 17.1. The number of aliphatic carboxylic acids is 1. The Morgan fingerprint density at radius 1 is 0.743 bits per heavy atom. The fraction of sp³-hybridized carbons (Fsp3) is 0.783. The summed E-state index contributed by atoms with van der Waals surface area (Å²) in [5.74, 6) is -3.59. The molecule has 0 saturated heterocycles. The number of carboxylic acids is 1. The molecule has 0 fully saturated rings. The lowest BCUT2D eigenvalue weighted by Crippen LogP contribution is -2.57. The lowest BCUT2D eigenvalue weighted by Gasteiger charge is -2.26. The van der Waals surface area contributed by atoms with E-state index in [4.69, 9.17) is 17.2 Å². The second-order valence-electron chi connectivity index (χ2n) is 9.68. The molecular weight excluding hydrogens is 456 g/mol. The number of primary amides is 1. The number of hydrogen-bond donors (Lipinski definition) is 7. The van der Waals surface area contributed by atoms with Crippen LogP contribution in [0.5, 0.6) is 0 Å². The number of amides is 4. The maximum Gasteiger partial charge on any atom is 0.326 e. The first-order chi connectivity index (χ1) is 16.3. The van der Waals surface area contributed by atoms with Gasteiger partial charge >= 0.3 is 5.97 Å². The summed E-state index contributed by atoms with van der Waals surface area (Å²) in [7, 11) is 0. The molecule has 4 unspecified atom stereocenters. The van der Waals surface area contributed by atoms with Crippen molar-refractivity contribution in [1.82, 2.24) is 16.0 Å². The summed E-state index contributed by atoms with van der Waals surface area (Å²) in [6.07, 6.45) is 1.73. The number of hydrogen-bond acceptors (Lipinski definition) is 7. The molecule has 0 saturated carbocycles. The highest BCUT2D eigenvalue weighted by Crippen LogP contribution is 2.09. The van der Waals surface area contributed by atoms with Crippen molar-refractivity contribution in [3.63, 3.8) is 0 Å². The van der Waals surface area contributed by atoms with Crippen LogP contribution in [0.15, 0.2) is 0 Å². The third-order valence-corrected chi connectivity index (χ3v) is 5.28. The molecule has 0 bridgehead atoms. The van der Waals surface area contributed by atoms with Crippen LogP contribution >= 0.6 is 0 Å². The first-order valence-corrected chi connectivity index (χ1v) is 12.2. The number of carbonyl (C=O) groups excluding carboxylic acids is 4. The van der Waals surface area contributed by atoms with E-state index < -0.39 is 53.8 Å². The third kappa shape index (κ3) is 14.3. The van der Waals surface area contributed by atoms with E-state index in [-0.39, 0.29) is 37.5 Å². The average Bonchev–Trinajstić information content (AvgIpc) is 2.73. The smallest absolute Gasteiger partial charge is 0.326 e. The minimum Gasteiger partial charge on any atom is -0.480 e. The van der Waals surface area contributed by atoms with Crippen LogP contribution in [-0.2, 0) is 24.0 Å². The lowest BCUT2D eigenvalue weighted by atomic mass is 10.0. The number of carbonyl (C=O) groups is 5. The first kappa shape index (κ1) is 32.3. The summed E-state index contributed by atoms with van der Waals surface area (Å²) in [6, 6.07) is -4.16. The number of nitrogens with one attached hydrogen (secondary N) is 3. The van der Waals surface area contributed by atoms with Crippen LogP contribution in [0.2, 0.25) is 0 Å². The molecule has 0 aromatic heterocycles. The van der Waals surface area contributed by atoms with Gasteiger partial charge in [0.1, 0.15) is 18.1 Å². The van der Waals surface area contributed by atoms with E-state index in [2.05, 4.69) is 16.0 Å². The lowest BCUT2D eigenvalue weighted by molar-refractivity contribution is -0.142. The maximum absolute atomic E-state index is 13.0. The highest BCUT2D eigenvalue weighted by atomic mass is 16.4. The van der Waals surface area contributed by atoms with Gasteiger partial charge in [-0.05, 0) is 56.9 Å². The zero-order valence-corrected chi connectivity index (χ0v) is 21.3. The van der Waals surface area contributed by atoms with Gasteiger partial charge in [0.05, 0.1) is 6.04 Å². The van der Waals surface area contributed by atoms with Gasteiger partial charge in [-0.25, -0.2) is 4.79 Å².